The molecular formula is C27H36N2O2S. The lowest BCUT2D eigenvalue weighted by molar-refractivity contribution is -0.127. The zero-order valence-electron chi connectivity index (χ0n) is 19.1. The monoisotopic (exact) mass is 452 g/mol. The van der Waals surface area contributed by atoms with Crippen molar-refractivity contribution < 1.29 is 9.59 Å². The fraction of sp³-hybridized carbons (Fsp3) is 0.556. The molecule has 2 N–H and O–H groups in total. The van der Waals surface area contributed by atoms with E-state index in [4.69, 9.17) is 0 Å². The molecule has 0 saturated heterocycles. The molecule has 1 aromatic carbocycles. The van der Waals surface area contributed by atoms with Crippen LogP contribution in [0.4, 0.5) is 0 Å². The Morgan fingerprint density at radius 2 is 1.81 bits per heavy atom. The topological polar surface area (TPSA) is 58.2 Å². The predicted molar refractivity (Wildman–Crippen MR) is 131 cm³/mol. The van der Waals surface area contributed by atoms with E-state index in [2.05, 4.69) is 35.8 Å². The Labute approximate surface area is 196 Å². The van der Waals surface area contributed by atoms with E-state index in [-0.39, 0.29) is 23.8 Å². The summed E-state index contributed by atoms with van der Waals surface area (Å²) in [4.78, 5) is 27.8. The third-order valence-corrected chi connectivity index (χ3v) is 8.08. The standard InChI is InChI=1S/C27H36N2O2S/c1-19-7-5-6-10-24(19)26(30)28-16-15-22(17-20-8-3-2-4-9-20)29-27(31)25-14-13-23(32-25)18-21-11-12-21/h2-4,8-9,13-14,19,21-22,24H,5-7,10-12,15-18H2,1H3,(H,28,30)(H,29,31). The molecule has 2 aromatic rings. The summed E-state index contributed by atoms with van der Waals surface area (Å²) in [5, 5.41) is 6.40. The van der Waals surface area contributed by atoms with E-state index in [0.717, 1.165) is 49.3 Å². The lowest BCUT2D eigenvalue weighted by atomic mass is 9.80. The summed E-state index contributed by atoms with van der Waals surface area (Å²) >= 11 is 1.62. The molecule has 2 amide bonds. The van der Waals surface area contributed by atoms with Gasteiger partial charge in [0.25, 0.3) is 5.91 Å². The van der Waals surface area contributed by atoms with Crippen LogP contribution >= 0.6 is 11.3 Å². The Bertz CT molecular complexity index is 890. The van der Waals surface area contributed by atoms with Crippen LogP contribution in [0.1, 0.15) is 72.0 Å². The minimum absolute atomic E-state index is 0.00482. The maximum Gasteiger partial charge on any atom is 0.261 e. The molecule has 3 atom stereocenters. The summed E-state index contributed by atoms with van der Waals surface area (Å²) in [6.45, 7) is 2.79. The molecule has 0 aliphatic heterocycles. The second kappa shape index (κ2) is 11.1. The summed E-state index contributed by atoms with van der Waals surface area (Å²) in [7, 11) is 0. The molecule has 0 bridgehead atoms. The highest BCUT2D eigenvalue weighted by atomic mass is 32.1. The van der Waals surface area contributed by atoms with Gasteiger partial charge in [-0.2, -0.15) is 0 Å². The Morgan fingerprint density at radius 3 is 2.56 bits per heavy atom. The van der Waals surface area contributed by atoms with Crippen molar-refractivity contribution in [2.24, 2.45) is 17.8 Å². The first-order valence-electron chi connectivity index (χ1n) is 12.3. The third-order valence-electron chi connectivity index (χ3n) is 6.97. The van der Waals surface area contributed by atoms with Crippen molar-refractivity contribution in [3.05, 3.63) is 57.8 Å². The molecular weight excluding hydrogens is 416 g/mol. The quantitative estimate of drug-likeness (QED) is 0.509. The highest BCUT2D eigenvalue weighted by Crippen LogP contribution is 2.34. The van der Waals surface area contributed by atoms with Crippen molar-refractivity contribution in [2.75, 3.05) is 6.54 Å². The zero-order chi connectivity index (χ0) is 22.3. The molecule has 0 radical (unpaired) electrons. The fourth-order valence-corrected chi connectivity index (χ4v) is 5.83. The van der Waals surface area contributed by atoms with Gasteiger partial charge in [0.05, 0.1) is 4.88 Å². The number of nitrogens with one attached hydrogen (secondary N) is 2. The van der Waals surface area contributed by atoms with Gasteiger partial charge in [-0.05, 0) is 74.5 Å². The molecule has 2 aliphatic rings. The molecule has 1 heterocycles. The van der Waals surface area contributed by atoms with Crippen LogP contribution in [0.5, 0.6) is 0 Å². The van der Waals surface area contributed by atoms with E-state index >= 15 is 0 Å². The van der Waals surface area contributed by atoms with Crippen LogP contribution in [0, 0.1) is 17.8 Å². The maximum absolute atomic E-state index is 13.0. The van der Waals surface area contributed by atoms with Gasteiger partial charge >= 0.3 is 0 Å². The Kier molecular flexibility index (Phi) is 8.01. The molecule has 1 aromatic heterocycles. The largest absolute Gasteiger partial charge is 0.356 e. The lowest BCUT2D eigenvalue weighted by Crippen LogP contribution is -2.41. The van der Waals surface area contributed by atoms with E-state index in [9.17, 15) is 9.59 Å². The predicted octanol–water partition coefficient (Wildman–Crippen LogP) is 5.37. The Morgan fingerprint density at radius 1 is 1.03 bits per heavy atom. The number of carbonyl (C=O) groups is 2. The molecule has 172 valence electrons. The Balaban J connectivity index is 1.33. The van der Waals surface area contributed by atoms with Gasteiger partial charge in [-0.3, -0.25) is 9.59 Å². The van der Waals surface area contributed by atoms with Crippen molar-refractivity contribution in [2.45, 2.75) is 70.8 Å². The highest BCUT2D eigenvalue weighted by Gasteiger charge is 2.28. The van der Waals surface area contributed by atoms with E-state index in [0.29, 0.717) is 12.5 Å². The molecule has 2 fully saturated rings. The number of hydrogen-bond acceptors (Lipinski definition) is 3. The summed E-state index contributed by atoms with van der Waals surface area (Å²) in [6.07, 6.45) is 9.79. The second-order valence-corrected chi connectivity index (χ2v) is 10.9. The van der Waals surface area contributed by atoms with Crippen molar-refractivity contribution >= 4 is 23.2 Å². The minimum Gasteiger partial charge on any atom is -0.356 e. The Hall–Kier alpha value is -2.14. The highest BCUT2D eigenvalue weighted by molar-refractivity contribution is 7.14. The van der Waals surface area contributed by atoms with Crippen molar-refractivity contribution in [3.8, 4) is 0 Å². The zero-order valence-corrected chi connectivity index (χ0v) is 20.0. The molecule has 2 aliphatic carbocycles. The van der Waals surface area contributed by atoms with E-state index in [1.54, 1.807) is 11.3 Å². The molecule has 4 nitrogen and oxygen atoms in total. The minimum atomic E-state index is -0.0111. The fourth-order valence-electron chi connectivity index (χ4n) is 4.80. The normalized spacial score (nSPS) is 21.7. The molecule has 32 heavy (non-hydrogen) atoms. The number of amides is 2. The number of benzene rings is 1. The van der Waals surface area contributed by atoms with Crippen molar-refractivity contribution in [1.82, 2.24) is 10.6 Å². The van der Waals surface area contributed by atoms with Crippen LogP contribution in [0.25, 0.3) is 0 Å². The first-order valence-corrected chi connectivity index (χ1v) is 13.1. The summed E-state index contributed by atoms with van der Waals surface area (Å²) in [6, 6.07) is 14.3. The molecule has 3 unspecified atom stereocenters. The summed E-state index contributed by atoms with van der Waals surface area (Å²) < 4.78 is 0. The van der Waals surface area contributed by atoms with Crippen LogP contribution in [-0.4, -0.2) is 24.4 Å². The van der Waals surface area contributed by atoms with Gasteiger partial charge in [-0.25, -0.2) is 0 Å². The number of hydrogen-bond donors (Lipinski definition) is 2. The van der Waals surface area contributed by atoms with Gasteiger partial charge in [-0.1, -0.05) is 50.1 Å². The van der Waals surface area contributed by atoms with Crippen LogP contribution in [0.2, 0.25) is 0 Å². The van der Waals surface area contributed by atoms with Crippen LogP contribution in [0.3, 0.4) is 0 Å². The summed E-state index contributed by atoms with van der Waals surface area (Å²) in [5.41, 5.74) is 1.20. The third kappa shape index (κ3) is 6.68. The molecule has 0 spiro atoms. The van der Waals surface area contributed by atoms with Gasteiger partial charge in [-0.15, -0.1) is 11.3 Å². The average molecular weight is 453 g/mol. The second-order valence-electron chi connectivity index (χ2n) is 9.72. The van der Waals surface area contributed by atoms with Crippen LogP contribution in [0.15, 0.2) is 42.5 Å². The first kappa shape index (κ1) is 23.0. The van der Waals surface area contributed by atoms with Gasteiger partial charge in [0.2, 0.25) is 5.91 Å². The SMILES string of the molecule is CC1CCCCC1C(=O)NCCC(Cc1ccccc1)NC(=O)c1ccc(CC2CC2)s1. The molecule has 2 saturated carbocycles. The van der Waals surface area contributed by atoms with Crippen LogP contribution in [-0.2, 0) is 17.6 Å². The van der Waals surface area contributed by atoms with Crippen LogP contribution < -0.4 is 10.6 Å². The van der Waals surface area contributed by atoms with E-state index < -0.39 is 0 Å². The first-order chi connectivity index (χ1) is 15.6. The molecule has 4 rings (SSSR count). The lowest BCUT2D eigenvalue weighted by Gasteiger charge is -2.28. The van der Waals surface area contributed by atoms with Gasteiger partial charge in [0.1, 0.15) is 0 Å². The number of thiophene rings is 1. The van der Waals surface area contributed by atoms with Gasteiger partial charge < -0.3 is 10.6 Å². The van der Waals surface area contributed by atoms with Crippen molar-refractivity contribution in [3.63, 3.8) is 0 Å². The summed E-state index contributed by atoms with van der Waals surface area (Å²) in [5.74, 6) is 1.62. The maximum atomic E-state index is 13.0. The van der Waals surface area contributed by atoms with E-state index in [1.165, 1.54) is 29.7 Å². The van der Waals surface area contributed by atoms with Gasteiger partial charge in [0, 0.05) is 23.4 Å². The van der Waals surface area contributed by atoms with Crippen molar-refractivity contribution in [1.29, 1.82) is 0 Å². The molecule has 5 heteroatoms. The average Bonchev–Trinajstić information content (AvgIpc) is 3.48. The van der Waals surface area contributed by atoms with E-state index in [1.807, 2.05) is 24.3 Å². The number of rotatable bonds is 10. The smallest absolute Gasteiger partial charge is 0.261 e. The van der Waals surface area contributed by atoms with Gasteiger partial charge in [0.15, 0.2) is 0 Å². The number of carbonyl (C=O) groups excluding carboxylic acids is 2.